The van der Waals surface area contributed by atoms with Gasteiger partial charge in [-0.25, -0.2) is 0 Å². The number of alkyl halides is 3. The van der Waals surface area contributed by atoms with Gasteiger partial charge in [0.1, 0.15) is 0 Å². The lowest BCUT2D eigenvalue weighted by molar-refractivity contribution is -0.248. The van der Waals surface area contributed by atoms with E-state index in [0.29, 0.717) is 5.92 Å². The molecule has 0 heterocycles. The average Bonchev–Trinajstić information content (AvgIpc) is 2.80. The quantitative estimate of drug-likeness (QED) is 0.719. The van der Waals surface area contributed by atoms with Crippen molar-refractivity contribution in [1.82, 2.24) is 4.90 Å². The van der Waals surface area contributed by atoms with Gasteiger partial charge in [-0.1, -0.05) is 13.3 Å². The number of halogens is 3. The summed E-state index contributed by atoms with van der Waals surface area (Å²) in [5.41, 5.74) is 0. The van der Waals surface area contributed by atoms with Crippen molar-refractivity contribution >= 4 is 0 Å². The number of hydrogen-bond acceptors (Lipinski definition) is 2. The van der Waals surface area contributed by atoms with E-state index in [1.54, 1.807) is 0 Å². The second-order valence-corrected chi connectivity index (χ2v) is 3.93. The molecule has 1 fully saturated rings. The van der Waals surface area contributed by atoms with E-state index in [9.17, 15) is 13.2 Å². The predicted molar refractivity (Wildman–Crippen MR) is 46.6 cm³/mol. The van der Waals surface area contributed by atoms with Crippen LogP contribution in [0.2, 0.25) is 0 Å². The topological polar surface area (TPSA) is 23.5 Å². The van der Waals surface area contributed by atoms with Gasteiger partial charge in [0.25, 0.3) is 0 Å². The molecule has 0 amide bonds. The van der Waals surface area contributed by atoms with Gasteiger partial charge in [-0.15, -0.1) is 0 Å². The largest absolute Gasteiger partial charge is 0.428 e. The molecule has 1 aliphatic rings. The standard InChI is InChI=1S/C9H16F3NO/c1-3-4-6-5-7(6)13(2)8(14)9(10,11)12/h6-8,14H,3-5H2,1-2H3/t6-,7-,8?/m0/s1. The van der Waals surface area contributed by atoms with Crippen LogP contribution >= 0.6 is 0 Å². The lowest BCUT2D eigenvalue weighted by Gasteiger charge is -2.25. The summed E-state index contributed by atoms with van der Waals surface area (Å²) in [5.74, 6) is 0.335. The fourth-order valence-electron chi connectivity index (χ4n) is 1.82. The van der Waals surface area contributed by atoms with Crippen LogP contribution in [0.15, 0.2) is 0 Å². The Morgan fingerprint density at radius 3 is 2.50 bits per heavy atom. The monoisotopic (exact) mass is 211 g/mol. The summed E-state index contributed by atoms with van der Waals surface area (Å²) in [6.07, 6.45) is -4.14. The molecule has 0 saturated heterocycles. The molecule has 5 heteroatoms. The van der Waals surface area contributed by atoms with E-state index in [4.69, 9.17) is 5.11 Å². The van der Waals surface area contributed by atoms with Gasteiger partial charge in [-0.05, 0) is 25.8 Å². The minimum Gasteiger partial charge on any atom is -0.370 e. The molecule has 1 saturated carbocycles. The van der Waals surface area contributed by atoms with Gasteiger partial charge in [0.2, 0.25) is 6.23 Å². The van der Waals surface area contributed by atoms with Crippen LogP contribution in [0.3, 0.4) is 0 Å². The first-order chi connectivity index (χ1) is 6.38. The first-order valence-electron chi connectivity index (χ1n) is 4.84. The molecule has 0 bridgehead atoms. The van der Waals surface area contributed by atoms with E-state index >= 15 is 0 Å². The van der Waals surface area contributed by atoms with E-state index in [0.717, 1.165) is 24.2 Å². The van der Waals surface area contributed by atoms with Crippen LogP contribution in [0.4, 0.5) is 13.2 Å². The maximum atomic E-state index is 12.1. The zero-order valence-corrected chi connectivity index (χ0v) is 8.38. The van der Waals surface area contributed by atoms with Gasteiger partial charge in [-0.2, -0.15) is 13.2 Å². The van der Waals surface area contributed by atoms with E-state index in [-0.39, 0.29) is 6.04 Å². The molecule has 0 spiro atoms. The normalized spacial score (nSPS) is 29.4. The van der Waals surface area contributed by atoms with Crippen molar-refractivity contribution in [2.75, 3.05) is 7.05 Å². The Bertz CT molecular complexity index is 195. The Morgan fingerprint density at radius 2 is 2.07 bits per heavy atom. The van der Waals surface area contributed by atoms with Gasteiger partial charge < -0.3 is 5.11 Å². The molecule has 0 aromatic heterocycles. The van der Waals surface area contributed by atoms with Gasteiger partial charge in [0, 0.05) is 6.04 Å². The van der Waals surface area contributed by atoms with E-state index in [1.807, 2.05) is 6.92 Å². The van der Waals surface area contributed by atoms with Crippen molar-refractivity contribution in [3.05, 3.63) is 0 Å². The number of aliphatic hydroxyl groups excluding tert-OH is 1. The minimum absolute atomic E-state index is 0.0911. The summed E-state index contributed by atoms with van der Waals surface area (Å²) >= 11 is 0. The predicted octanol–water partition coefficient (Wildman–Crippen LogP) is 1.99. The molecule has 2 nitrogen and oxygen atoms in total. The van der Waals surface area contributed by atoms with Gasteiger partial charge in [-0.3, -0.25) is 4.90 Å². The molecule has 1 aliphatic carbocycles. The van der Waals surface area contributed by atoms with Crippen LogP contribution in [0, 0.1) is 5.92 Å². The smallest absolute Gasteiger partial charge is 0.370 e. The van der Waals surface area contributed by atoms with E-state index < -0.39 is 12.4 Å². The van der Waals surface area contributed by atoms with E-state index in [1.165, 1.54) is 7.05 Å². The summed E-state index contributed by atoms with van der Waals surface area (Å²) in [7, 11) is 1.33. The lowest BCUT2D eigenvalue weighted by Crippen LogP contribution is -2.44. The van der Waals surface area contributed by atoms with Crippen LogP contribution in [0.25, 0.3) is 0 Å². The molecular weight excluding hydrogens is 195 g/mol. The maximum absolute atomic E-state index is 12.1. The summed E-state index contributed by atoms with van der Waals surface area (Å²) in [5, 5.41) is 8.95. The fourth-order valence-corrected chi connectivity index (χ4v) is 1.82. The maximum Gasteiger partial charge on any atom is 0.428 e. The summed E-state index contributed by atoms with van der Waals surface area (Å²) < 4.78 is 36.3. The highest BCUT2D eigenvalue weighted by Gasteiger charge is 2.49. The highest BCUT2D eigenvalue weighted by Crippen LogP contribution is 2.41. The number of hydrogen-bond donors (Lipinski definition) is 1. The van der Waals surface area contributed by atoms with Gasteiger partial charge in [0.15, 0.2) is 0 Å². The average molecular weight is 211 g/mol. The van der Waals surface area contributed by atoms with E-state index in [2.05, 4.69) is 0 Å². The summed E-state index contributed by atoms with van der Waals surface area (Å²) in [6, 6.07) is -0.0911. The molecule has 0 aromatic carbocycles. The molecule has 0 aliphatic heterocycles. The van der Waals surface area contributed by atoms with Gasteiger partial charge in [0.05, 0.1) is 0 Å². The summed E-state index contributed by atoms with van der Waals surface area (Å²) in [6.45, 7) is 2.01. The molecule has 0 aromatic rings. The number of rotatable bonds is 4. The Kier molecular flexibility index (Phi) is 3.42. The second kappa shape index (κ2) is 4.06. The third kappa shape index (κ3) is 2.60. The Labute approximate surface area is 81.7 Å². The zero-order chi connectivity index (χ0) is 10.9. The number of nitrogens with zero attached hydrogens (tertiary/aromatic N) is 1. The van der Waals surface area contributed by atoms with Crippen molar-refractivity contribution in [2.24, 2.45) is 5.92 Å². The van der Waals surface area contributed by atoms with Crippen molar-refractivity contribution in [3.8, 4) is 0 Å². The third-order valence-electron chi connectivity index (χ3n) is 2.75. The molecule has 3 atom stereocenters. The Hall–Kier alpha value is -0.290. The Balaban J connectivity index is 2.40. The number of aliphatic hydroxyl groups is 1. The first kappa shape index (κ1) is 11.8. The molecular formula is C9H16F3NO. The SMILES string of the molecule is CCC[C@H]1C[C@@H]1N(C)C(O)C(F)(F)F. The van der Waals surface area contributed by atoms with Crippen molar-refractivity contribution in [2.45, 2.75) is 44.6 Å². The summed E-state index contributed by atoms with van der Waals surface area (Å²) in [4.78, 5) is 1.03. The van der Waals surface area contributed by atoms with Crippen LogP contribution in [0.5, 0.6) is 0 Å². The minimum atomic E-state index is -4.53. The molecule has 14 heavy (non-hydrogen) atoms. The second-order valence-electron chi connectivity index (χ2n) is 3.93. The van der Waals surface area contributed by atoms with Crippen molar-refractivity contribution in [3.63, 3.8) is 0 Å². The van der Waals surface area contributed by atoms with Crippen LogP contribution in [0.1, 0.15) is 26.2 Å². The highest BCUT2D eigenvalue weighted by molar-refractivity contribution is 4.94. The third-order valence-corrected chi connectivity index (χ3v) is 2.75. The molecule has 84 valence electrons. The van der Waals surface area contributed by atoms with Crippen LogP contribution < -0.4 is 0 Å². The van der Waals surface area contributed by atoms with Crippen LogP contribution in [-0.4, -0.2) is 35.5 Å². The highest BCUT2D eigenvalue weighted by atomic mass is 19.4. The Morgan fingerprint density at radius 1 is 1.50 bits per heavy atom. The lowest BCUT2D eigenvalue weighted by atomic mass is 10.2. The molecule has 1 unspecified atom stereocenters. The zero-order valence-electron chi connectivity index (χ0n) is 8.38. The molecule has 1 rings (SSSR count). The van der Waals surface area contributed by atoms with Gasteiger partial charge >= 0.3 is 6.18 Å². The molecule has 1 N–H and O–H groups in total. The van der Waals surface area contributed by atoms with Crippen molar-refractivity contribution < 1.29 is 18.3 Å². The van der Waals surface area contributed by atoms with Crippen molar-refractivity contribution in [1.29, 1.82) is 0 Å². The van der Waals surface area contributed by atoms with Crippen LogP contribution in [-0.2, 0) is 0 Å². The molecule has 0 radical (unpaired) electrons. The first-order valence-corrected chi connectivity index (χ1v) is 4.84. The fraction of sp³-hybridized carbons (Fsp3) is 1.00.